The Bertz CT molecular complexity index is 713. The first-order valence-electron chi connectivity index (χ1n) is 5.93. The molecule has 0 aliphatic carbocycles. The van der Waals surface area contributed by atoms with Gasteiger partial charge in [0.25, 0.3) is 0 Å². The summed E-state index contributed by atoms with van der Waals surface area (Å²) in [4.78, 5) is 17.0. The molecule has 0 unspecified atom stereocenters. The maximum absolute atomic E-state index is 5.90. The van der Waals surface area contributed by atoms with Crippen molar-refractivity contribution in [3.05, 3.63) is 29.5 Å². The highest BCUT2D eigenvalue weighted by Gasteiger charge is 2.10. The fraction of sp³-hybridized carbons (Fsp3) is 0.167. The zero-order chi connectivity index (χ0) is 13.9. The Hall–Kier alpha value is -1.44. The van der Waals surface area contributed by atoms with Gasteiger partial charge in [-0.2, -0.15) is 15.0 Å². The Kier molecular flexibility index (Phi) is 4.00. The van der Waals surface area contributed by atoms with Crippen LogP contribution < -0.4 is 5.32 Å². The van der Waals surface area contributed by atoms with Crippen molar-refractivity contribution in [2.75, 3.05) is 11.9 Å². The van der Waals surface area contributed by atoms with Crippen molar-refractivity contribution < 1.29 is 0 Å². The normalized spacial score (nSPS) is 10.9. The summed E-state index contributed by atoms with van der Waals surface area (Å²) in [6, 6.07) is 8.00. The number of fused-ring (bicyclic) bond motifs is 1. The average molecular weight is 324 g/mol. The Morgan fingerprint density at radius 1 is 1.20 bits per heavy atom. The average Bonchev–Trinajstić information content (AvgIpc) is 2.80. The highest BCUT2D eigenvalue weighted by atomic mass is 35.5. The van der Waals surface area contributed by atoms with Gasteiger partial charge >= 0.3 is 0 Å². The van der Waals surface area contributed by atoms with Crippen molar-refractivity contribution in [3.63, 3.8) is 0 Å². The quantitative estimate of drug-likeness (QED) is 0.789. The second kappa shape index (κ2) is 5.90. The van der Waals surface area contributed by atoms with Gasteiger partial charge in [-0.15, -0.1) is 11.3 Å². The van der Waals surface area contributed by atoms with E-state index in [-0.39, 0.29) is 5.28 Å². The van der Waals surface area contributed by atoms with Crippen molar-refractivity contribution in [1.82, 2.24) is 19.9 Å². The molecule has 0 atom stereocenters. The number of hydrogen-bond donors (Lipinski definition) is 1. The third kappa shape index (κ3) is 3.00. The van der Waals surface area contributed by atoms with E-state index >= 15 is 0 Å². The number of nitrogens with one attached hydrogen (secondary N) is 1. The van der Waals surface area contributed by atoms with Gasteiger partial charge in [0.05, 0.1) is 10.2 Å². The molecule has 0 saturated heterocycles. The number of aromatic nitrogens is 4. The molecule has 20 heavy (non-hydrogen) atoms. The van der Waals surface area contributed by atoms with Gasteiger partial charge in [-0.1, -0.05) is 12.1 Å². The summed E-state index contributed by atoms with van der Waals surface area (Å²) in [5, 5.41) is 3.75. The topological polar surface area (TPSA) is 63.6 Å². The van der Waals surface area contributed by atoms with Crippen molar-refractivity contribution in [3.8, 4) is 0 Å². The minimum absolute atomic E-state index is 0.180. The number of para-hydroxylation sites is 1. The lowest BCUT2D eigenvalue weighted by molar-refractivity contribution is 0.898. The van der Waals surface area contributed by atoms with Crippen molar-refractivity contribution >= 4 is 50.9 Å². The SMILES string of the molecule is CCNc1nc(Cl)nc(Sc2nc3ccccc3s2)n1. The second-order valence-corrected chi connectivity index (χ2v) is 6.37. The predicted molar refractivity (Wildman–Crippen MR) is 82.7 cm³/mol. The number of hydrogen-bond acceptors (Lipinski definition) is 7. The van der Waals surface area contributed by atoms with Gasteiger partial charge in [0.1, 0.15) is 0 Å². The van der Waals surface area contributed by atoms with Gasteiger partial charge in [-0.05, 0) is 42.4 Å². The lowest BCUT2D eigenvalue weighted by Crippen LogP contribution is -2.04. The number of anilines is 1. The van der Waals surface area contributed by atoms with Crippen LogP contribution in [0.5, 0.6) is 0 Å². The van der Waals surface area contributed by atoms with Gasteiger partial charge < -0.3 is 5.32 Å². The first kappa shape index (κ1) is 13.5. The largest absolute Gasteiger partial charge is 0.354 e. The third-order valence-corrected chi connectivity index (χ3v) is 4.51. The molecule has 5 nitrogen and oxygen atoms in total. The zero-order valence-electron chi connectivity index (χ0n) is 10.5. The van der Waals surface area contributed by atoms with Crippen LogP contribution in [0.4, 0.5) is 5.95 Å². The van der Waals surface area contributed by atoms with Crippen LogP contribution in [0.25, 0.3) is 10.2 Å². The lowest BCUT2D eigenvalue weighted by atomic mass is 10.3. The number of thiazole rings is 1. The molecule has 102 valence electrons. The third-order valence-electron chi connectivity index (χ3n) is 2.38. The molecule has 3 aromatic rings. The monoisotopic (exact) mass is 323 g/mol. The minimum atomic E-state index is 0.180. The van der Waals surface area contributed by atoms with Crippen LogP contribution in [0.1, 0.15) is 6.92 Å². The number of nitrogens with zero attached hydrogens (tertiary/aromatic N) is 4. The Labute approximate surface area is 128 Å². The summed E-state index contributed by atoms with van der Waals surface area (Å²) in [6.07, 6.45) is 0. The summed E-state index contributed by atoms with van der Waals surface area (Å²) < 4.78 is 2.03. The fourth-order valence-electron chi connectivity index (χ4n) is 1.59. The summed E-state index contributed by atoms with van der Waals surface area (Å²) in [7, 11) is 0. The van der Waals surface area contributed by atoms with Crippen LogP contribution in [0.3, 0.4) is 0 Å². The van der Waals surface area contributed by atoms with Crippen LogP contribution in [0, 0.1) is 0 Å². The fourth-order valence-corrected chi connectivity index (χ4v) is 3.72. The summed E-state index contributed by atoms with van der Waals surface area (Å²) in [5.74, 6) is 0.483. The molecule has 0 spiro atoms. The van der Waals surface area contributed by atoms with E-state index < -0.39 is 0 Å². The molecule has 0 amide bonds. The van der Waals surface area contributed by atoms with Gasteiger partial charge in [-0.25, -0.2) is 4.98 Å². The van der Waals surface area contributed by atoms with E-state index in [2.05, 4.69) is 25.3 Å². The standard InChI is InChI=1S/C12H10ClN5S2/c1-2-14-10-16-9(13)17-11(18-10)20-12-15-7-5-3-4-6-8(7)19-12/h3-6H,2H2,1H3,(H,14,16,17,18). The molecule has 2 aromatic heterocycles. The molecule has 0 aliphatic heterocycles. The Morgan fingerprint density at radius 2 is 2.05 bits per heavy atom. The molecular weight excluding hydrogens is 314 g/mol. The van der Waals surface area contributed by atoms with Crippen molar-refractivity contribution in [2.45, 2.75) is 16.4 Å². The summed E-state index contributed by atoms with van der Waals surface area (Å²) in [5.41, 5.74) is 0.979. The second-order valence-electron chi connectivity index (χ2n) is 3.79. The van der Waals surface area contributed by atoms with E-state index in [4.69, 9.17) is 11.6 Å². The molecule has 8 heteroatoms. The van der Waals surface area contributed by atoms with E-state index in [9.17, 15) is 0 Å². The zero-order valence-corrected chi connectivity index (χ0v) is 12.9. The maximum Gasteiger partial charge on any atom is 0.228 e. The molecule has 1 aromatic carbocycles. The first-order valence-corrected chi connectivity index (χ1v) is 7.94. The highest BCUT2D eigenvalue weighted by Crippen LogP contribution is 2.33. The summed E-state index contributed by atoms with van der Waals surface area (Å²) in [6.45, 7) is 2.70. The molecule has 0 bridgehead atoms. The highest BCUT2D eigenvalue weighted by molar-refractivity contribution is 8.01. The Balaban J connectivity index is 1.90. The van der Waals surface area contributed by atoms with E-state index in [1.807, 2.05) is 31.2 Å². The number of benzene rings is 1. The predicted octanol–water partition coefficient (Wildman–Crippen LogP) is 3.72. The van der Waals surface area contributed by atoms with Crippen molar-refractivity contribution in [2.24, 2.45) is 0 Å². The molecule has 1 N–H and O–H groups in total. The molecule has 0 aliphatic rings. The number of halogens is 1. The van der Waals surface area contributed by atoms with Crippen LogP contribution >= 0.6 is 34.7 Å². The van der Waals surface area contributed by atoms with Crippen LogP contribution in [0.2, 0.25) is 5.28 Å². The molecule has 2 heterocycles. The first-order chi connectivity index (χ1) is 9.74. The van der Waals surface area contributed by atoms with E-state index in [1.54, 1.807) is 11.3 Å². The van der Waals surface area contributed by atoms with Gasteiger partial charge in [0.2, 0.25) is 16.4 Å². The molecule has 0 radical (unpaired) electrons. The minimum Gasteiger partial charge on any atom is -0.354 e. The van der Waals surface area contributed by atoms with E-state index in [0.717, 1.165) is 21.1 Å². The maximum atomic E-state index is 5.90. The summed E-state index contributed by atoms with van der Waals surface area (Å²) >= 11 is 8.89. The van der Waals surface area contributed by atoms with Gasteiger partial charge in [0.15, 0.2) is 4.34 Å². The van der Waals surface area contributed by atoms with Crippen LogP contribution in [0.15, 0.2) is 33.8 Å². The van der Waals surface area contributed by atoms with Gasteiger partial charge in [0, 0.05) is 6.54 Å². The van der Waals surface area contributed by atoms with Crippen molar-refractivity contribution in [1.29, 1.82) is 0 Å². The number of rotatable bonds is 4. The molecule has 0 saturated carbocycles. The van der Waals surface area contributed by atoms with E-state index in [0.29, 0.717) is 11.1 Å². The lowest BCUT2D eigenvalue weighted by Gasteiger charge is -2.02. The molecular formula is C12H10ClN5S2. The Morgan fingerprint density at radius 3 is 2.85 bits per heavy atom. The molecule has 0 fully saturated rings. The smallest absolute Gasteiger partial charge is 0.228 e. The van der Waals surface area contributed by atoms with Crippen LogP contribution in [-0.2, 0) is 0 Å². The molecule has 3 rings (SSSR count). The van der Waals surface area contributed by atoms with Crippen LogP contribution in [-0.4, -0.2) is 26.5 Å². The van der Waals surface area contributed by atoms with Gasteiger partial charge in [-0.3, -0.25) is 0 Å². The van der Waals surface area contributed by atoms with E-state index in [1.165, 1.54) is 11.8 Å².